The van der Waals surface area contributed by atoms with Gasteiger partial charge in [-0.2, -0.15) is 0 Å². The number of rotatable bonds is 3. The highest BCUT2D eigenvalue weighted by molar-refractivity contribution is 6.62. The molecule has 6 nitrogen and oxygen atoms in total. The molecule has 3 heterocycles. The summed E-state index contributed by atoms with van der Waals surface area (Å²) in [7, 11) is -0.367. The molecule has 6 rings (SSSR count). The summed E-state index contributed by atoms with van der Waals surface area (Å²) in [5.74, 6) is 0.586. The van der Waals surface area contributed by atoms with Crippen LogP contribution < -0.4 is 5.46 Å². The lowest BCUT2D eigenvalue weighted by Gasteiger charge is -2.32. The van der Waals surface area contributed by atoms with E-state index in [0.717, 1.165) is 35.8 Å². The number of nitrogens with zero attached hydrogens (tertiary/aromatic N) is 2. The van der Waals surface area contributed by atoms with Crippen LogP contribution in [-0.4, -0.2) is 52.7 Å². The Labute approximate surface area is 220 Å². The monoisotopic (exact) mass is 500 g/mol. The fraction of sp³-hybridized carbons (Fsp3) is 0.533. The summed E-state index contributed by atoms with van der Waals surface area (Å²) in [5.41, 5.74) is 3.25. The largest absolute Gasteiger partial charge is 0.494 e. The van der Waals surface area contributed by atoms with Crippen molar-refractivity contribution in [2.24, 2.45) is 10.9 Å². The van der Waals surface area contributed by atoms with Crippen LogP contribution in [0.3, 0.4) is 0 Å². The van der Waals surface area contributed by atoms with E-state index in [1.165, 1.54) is 16.5 Å². The first-order chi connectivity index (χ1) is 17.3. The SMILES string of the molecule is CC(C)(C)OC(=O)N1C(C2=NC=C(c3ccc4cc(B5OC(C)(C)C(C)(C)O5)ccc4c3)C2)C[C@H]2C[C@H]21. The first-order valence-electron chi connectivity index (χ1n) is 13.5. The van der Waals surface area contributed by atoms with Crippen LogP contribution in [0.4, 0.5) is 4.79 Å². The Kier molecular flexibility index (Phi) is 5.46. The molecule has 194 valence electrons. The average Bonchev–Trinajstić information content (AvgIpc) is 3.15. The van der Waals surface area contributed by atoms with E-state index in [-0.39, 0.29) is 30.5 Å². The average molecular weight is 500 g/mol. The Balaban J connectivity index is 1.16. The zero-order valence-electron chi connectivity index (χ0n) is 23.0. The fourth-order valence-electron chi connectivity index (χ4n) is 5.75. The zero-order chi connectivity index (χ0) is 26.3. The molecule has 1 amide bonds. The second kappa shape index (κ2) is 8.18. The first-order valence-corrected chi connectivity index (χ1v) is 13.5. The first kappa shape index (κ1) is 24.7. The molecule has 2 saturated heterocycles. The number of fused-ring (bicyclic) bond motifs is 2. The summed E-state index contributed by atoms with van der Waals surface area (Å²) in [6.07, 6.45) is 4.61. The zero-order valence-corrected chi connectivity index (χ0v) is 23.0. The van der Waals surface area contributed by atoms with Gasteiger partial charge in [-0.15, -0.1) is 0 Å². The van der Waals surface area contributed by atoms with Gasteiger partial charge in [0.1, 0.15) is 5.60 Å². The number of allylic oxidation sites excluding steroid dienone is 1. The van der Waals surface area contributed by atoms with Gasteiger partial charge in [-0.3, -0.25) is 9.89 Å². The van der Waals surface area contributed by atoms with Gasteiger partial charge in [0.05, 0.1) is 17.2 Å². The predicted octanol–water partition coefficient (Wildman–Crippen LogP) is 5.72. The molecule has 1 aliphatic carbocycles. The van der Waals surface area contributed by atoms with Crippen LogP contribution in [0.25, 0.3) is 16.3 Å². The van der Waals surface area contributed by atoms with E-state index in [1.54, 1.807) is 0 Å². The minimum atomic E-state index is -0.497. The Morgan fingerprint density at radius 3 is 2.41 bits per heavy atom. The van der Waals surface area contributed by atoms with Crippen molar-refractivity contribution < 1.29 is 18.8 Å². The molecule has 0 N–H and O–H groups in total. The van der Waals surface area contributed by atoms with Crippen molar-refractivity contribution in [3.63, 3.8) is 0 Å². The fourth-order valence-corrected chi connectivity index (χ4v) is 5.75. The number of piperidine rings is 1. The van der Waals surface area contributed by atoms with E-state index in [2.05, 4.69) is 64.1 Å². The number of hydrogen-bond donors (Lipinski definition) is 0. The highest BCUT2D eigenvalue weighted by Crippen LogP contribution is 2.49. The van der Waals surface area contributed by atoms with Crippen molar-refractivity contribution in [3.8, 4) is 0 Å². The van der Waals surface area contributed by atoms with Gasteiger partial charge in [-0.05, 0) is 101 Å². The Morgan fingerprint density at radius 1 is 1.03 bits per heavy atom. The molecule has 3 atom stereocenters. The maximum Gasteiger partial charge on any atom is 0.494 e. The minimum Gasteiger partial charge on any atom is -0.444 e. The molecule has 0 aromatic heterocycles. The van der Waals surface area contributed by atoms with E-state index in [9.17, 15) is 4.79 Å². The van der Waals surface area contributed by atoms with E-state index in [1.807, 2.05) is 31.9 Å². The maximum atomic E-state index is 13.0. The highest BCUT2D eigenvalue weighted by atomic mass is 16.7. The van der Waals surface area contributed by atoms with Crippen molar-refractivity contribution >= 4 is 40.7 Å². The van der Waals surface area contributed by atoms with Crippen LogP contribution in [-0.2, 0) is 14.0 Å². The second-order valence-electron chi connectivity index (χ2n) is 13.1. The number of carbonyl (C=O) groups excluding carboxylic acids is 1. The lowest BCUT2D eigenvalue weighted by atomic mass is 9.78. The van der Waals surface area contributed by atoms with E-state index < -0.39 is 5.60 Å². The van der Waals surface area contributed by atoms with Crippen molar-refractivity contribution in [2.75, 3.05) is 0 Å². The number of carbonyl (C=O) groups is 1. The van der Waals surface area contributed by atoms with Gasteiger partial charge in [0.25, 0.3) is 0 Å². The molecule has 37 heavy (non-hydrogen) atoms. The summed E-state index contributed by atoms with van der Waals surface area (Å²) < 4.78 is 18.2. The van der Waals surface area contributed by atoms with Crippen molar-refractivity contribution in [2.45, 2.75) is 96.6 Å². The van der Waals surface area contributed by atoms with Gasteiger partial charge in [-0.1, -0.05) is 30.3 Å². The summed E-state index contributed by atoms with van der Waals surface area (Å²) in [4.78, 5) is 19.7. The third-order valence-electron chi connectivity index (χ3n) is 8.61. The number of ether oxygens (including phenoxy) is 1. The molecule has 3 fully saturated rings. The number of aliphatic imine (C=N–C) groups is 1. The summed E-state index contributed by atoms with van der Waals surface area (Å²) in [6, 6.07) is 13.3. The molecule has 2 aromatic rings. The molecule has 0 radical (unpaired) electrons. The minimum absolute atomic E-state index is 0.0373. The number of amides is 1. The second-order valence-corrected chi connectivity index (χ2v) is 13.1. The van der Waals surface area contributed by atoms with Gasteiger partial charge in [0.2, 0.25) is 0 Å². The van der Waals surface area contributed by atoms with Gasteiger partial charge in [0.15, 0.2) is 0 Å². The maximum absolute atomic E-state index is 13.0. The lowest BCUT2D eigenvalue weighted by molar-refractivity contribution is 0.00578. The molecule has 1 unspecified atom stereocenters. The molecule has 0 spiro atoms. The van der Waals surface area contributed by atoms with Crippen molar-refractivity contribution in [3.05, 3.63) is 48.2 Å². The lowest BCUT2D eigenvalue weighted by Crippen LogP contribution is -2.45. The quantitative estimate of drug-likeness (QED) is 0.506. The Hall–Kier alpha value is -2.64. The van der Waals surface area contributed by atoms with E-state index in [4.69, 9.17) is 19.0 Å². The van der Waals surface area contributed by atoms with Gasteiger partial charge >= 0.3 is 13.2 Å². The Morgan fingerprint density at radius 2 is 1.70 bits per heavy atom. The molecule has 2 aromatic carbocycles. The molecule has 4 aliphatic rings. The van der Waals surface area contributed by atoms with Crippen LogP contribution in [0.5, 0.6) is 0 Å². The summed E-state index contributed by atoms with van der Waals surface area (Å²) in [5, 5.41) is 2.33. The summed E-state index contributed by atoms with van der Waals surface area (Å²) in [6.45, 7) is 14.1. The van der Waals surface area contributed by atoms with Gasteiger partial charge in [0, 0.05) is 24.4 Å². The van der Waals surface area contributed by atoms with Crippen LogP contribution in [0.1, 0.15) is 73.3 Å². The van der Waals surface area contributed by atoms with Gasteiger partial charge < -0.3 is 14.0 Å². The molecular weight excluding hydrogens is 463 g/mol. The third kappa shape index (κ3) is 4.40. The number of likely N-dealkylation sites (tertiary alicyclic amines) is 1. The smallest absolute Gasteiger partial charge is 0.444 e. The normalized spacial score (nSPS) is 27.8. The van der Waals surface area contributed by atoms with E-state index >= 15 is 0 Å². The molecule has 1 saturated carbocycles. The molecule has 7 heteroatoms. The van der Waals surface area contributed by atoms with Crippen LogP contribution in [0.2, 0.25) is 0 Å². The predicted molar refractivity (Wildman–Crippen MR) is 148 cm³/mol. The van der Waals surface area contributed by atoms with Gasteiger partial charge in [-0.25, -0.2) is 4.79 Å². The van der Waals surface area contributed by atoms with Crippen LogP contribution in [0.15, 0.2) is 47.6 Å². The molecular formula is C30H37BN2O4. The molecule has 0 bridgehead atoms. The van der Waals surface area contributed by atoms with Crippen molar-refractivity contribution in [1.29, 1.82) is 0 Å². The highest BCUT2D eigenvalue weighted by Gasteiger charge is 2.56. The van der Waals surface area contributed by atoms with E-state index in [0.29, 0.717) is 12.0 Å². The Bertz CT molecular complexity index is 1320. The van der Waals surface area contributed by atoms with Crippen molar-refractivity contribution in [1.82, 2.24) is 4.90 Å². The third-order valence-corrected chi connectivity index (χ3v) is 8.61. The number of hydrogen-bond acceptors (Lipinski definition) is 5. The number of benzene rings is 2. The topological polar surface area (TPSA) is 60.4 Å². The summed E-state index contributed by atoms with van der Waals surface area (Å²) >= 11 is 0. The van der Waals surface area contributed by atoms with Crippen LogP contribution >= 0.6 is 0 Å². The van der Waals surface area contributed by atoms with Crippen LogP contribution in [0, 0.1) is 5.92 Å². The standard InChI is InChI=1S/C30H37BN2O4/c1-28(2,3)35-27(34)33-25-15-21(25)16-26(33)24-14-22(17-32-24)19-8-9-20-13-23(11-10-18(20)12-19)31-36-29(4,5)30(6,7)37-31/h8-13,17,21,25-26H,14-16H2,1-7H3/t21-,25-,26?/m1/s1. The molecule has 3 aliphatic heterocycles.